The summed E-state index contributed by atoms with van der Waals surface area (Å²) in [7, 11) is 1.62. The molecule has 1 unspecified atom stereocenters. The van der Waals surface area contributed by atoms with Gasteiger partial charge in [0.1, 0.15) is 17.6 Å². The van der Waals surface area contributed by atoms with Gasteiger partial charge in [-0.2, -0.15) is 5.26 Å². The smallest absolute Gasteiger partial charge is 0.181 e. The van der Waals surface area contributed by atoms with E-state index in [1.165, 1.54) is 18.2 Å². The summed E-state index contributed by atoms with van der Waals surface area (Å²) in [6.45, 7) is 3.36. The maximum Gasteiger partial charge on any atom is 0.181 e. The van der Waals surface area contributed by atoms with Crippen LogP contribution in [0.3, 0.4) is 0 Å². The topological polar surface area (TPSA) is 54.3 Å². The molecule has 0 spiro atoms. The second-order valence-electron chi connectivity index (χ2n) is 3.81. The molecule has 0 aliphatic heterocycles. The third-order valence-electron chi connectivity index (χ3n) is 2.31. The Kier molecular flexibility index (Phi) is 6.12. The van der Waals surface area contributed by atoms with Gasteiger partial charge in [0.15, 0.2) is 6.10 Å². The molecule has 0 radical (unpaired) electrons. The maximum atomic E-state index is 13.2. The van der Waals surface area contributed by atoms with Gasteiger partial charge in [-0.1, -0.05) is 0 Å². The fraction of sp³-hybridized carbons (Fsp3) is 0.462. The molecule has 1 aromatic rings. The Hall–Kier alpha value is -1.64. The highest BCUT2D eigenvalue weighted by atomic mass is 19.1. The van der Waals surface area contributed by atoms with Crippen molar-refractivity contribution in [1.82, 2.24) is 5.32 Å². The van der Waals surface area contributed by atoms with Crippen molar-refractivity contribution in [3.63, 3.8) is 0 Å². The van der Waals surface area contributed by atoms with E-state index in [2.05, 4.69) is 5.32 Å². The van der Waals surface area contributed by atoms with Crippen molar-refractivity contribution in [3.05, 3.63) is 29.6 Å². The van der Waals surface area contributed by atoms with E-state index in [1.807, 2.05) is 6.07 Å². The normalized spacial score (nSPS) is 11.9. The van der Waals surface area contributed by atoms with Gasteiger partial charge in [0.25, 0.3) is 0 Å². The highest BCUT2D eigenvalue weighted by Crippen LogP contribution is 2.20. The first-order valence-corrected chi connectivity index (χ1v) is 5.71. The highest BCUT2D eigenvalue weighted by molar-refractivity contribution is 5.34. The van der Waals surface area contributed by atoms with Crippen LogP contribution in [0.15, 0.2) is 18.2 Å². The van der Waals surface area contributed by atoms with Crippen molar-refractivity contribution in [3.8, 4) is 11.8 Å². The predicted molar refractivity (Wildman–Crippen MR) is 65.7 cm³/mol. The number of benzene rings is 1. The van der Waals surface area contributed by atoms with Gasteiger partial charge in [-0.3, -0.25) is 0 Å². The summed E-state index contributed by atoms with van der Waals surface area (Å²) in [5.41, 5.74) is 0.688. The maximum absolute atomic E-state index is 13.2. The Morgan fingerprint density at radius 2 is 2.28 bits per heavy atom. The molecule has 1 rings (SSSR count). The van der Waals surface area contributed by atoms with Gasteiger partial charge in [-0.05, 0) is 25.1 Å². The molecule has 5 heteroatoms. The standard InChI is InChI=1S/C13H17FN2O2/c1-10(8-15)18-13-4-3-12(14)7-11(13)9-16-5-6-17-2/h3-4,7,10,16H,5-6,9H2,1-2H3. The van der Waals surface area contributed by atoms with Crippen LogP contribution in [0.5, 0.6) is 5.75 Å². The van der Waals surface area contributed by atoms with Gasteiger partial charge >= 0.3 is 0 Å². The third-order valence-corrected chi connectivity index (χ3v) is 2.31. The van der Waals surface area contributed by atoms with E-state index < -0.39 is 6.10 Å². The number of hydrogen-bond donors (Lipinski definition) is 1. The minimum absolute atomic E-state index is 0.324. The van der Waals surface area contributed by atoms with E-state index in [-0.39, 0.29) is 5.82 Å². The lowest BCUT2D eigenvalue weighted by Gasteiger charge is -2.13. The SMILES string of the molecule is COCCNCc1cc(F)ccc1OC(C)C#N. The lowest BCUT2D eigenvalue weighted by molar-refractivity contribution is 0.199. The van der Waals surface area contributed by atoms with Crippen molar-refractivity contribution in [2.75, 3.05) is 20.3 Å². The number of nitriles is 1. The van der Waals surface area contributed by atoms with Crippen LogP contribution in [0.2, 0.25) is 0 Å². The summed E-state index contributed by atoms with van der Waals surface area (Å²) >= 11 is 0. The van der Waals surface area contributed by atoms with Crippen molar-refractivity contribution in [1.29, 1.82) is 5.26 Å². The Labute approximate surface area is 106 Å². The Morgan fingerprint density at radius 3 is 2.94 bits per heavy atom. The number of hydrogen-bond acceptors (Lipinski definition) is 4. The predicted octanol–water partition coefficient (Wildman–Crippen LogP) is 1.85. The summed E-state index contributed by atoms with van der Waals surface area (Å²) in [5.74, 6) is 0.200. The van der Waals surface area contributed by atoms with Crippen LogP contribution in [0.4, 0.5) is 4.39 Å². The number of methoxy groups -OCH3 is 1. The van der Waals surface area contributed by atoms with Gasteiger partial charge in [-0.15, -0.1) is 0 Å². The van der Waals surface area contributed by atoms with Gasteiger partial charge < -0.3 is 14.8 Å². The molecular weight excluding hydrogens is 235 g/mol. The fourth-order valence-corrected chi connectivity index (χ4v) is 1.42. The first-order valence-electron chi connectivity index (χ1n) is 5.71. The molecule has 0 aliphatic carbocycles. The van der Waals surface area contributed by atoms with Crippen LogP contribution in [0, 0.1) is 17.1 Å². The fourth-order valence-electron chi connectivity index (χ4n) is 1.42. The minimum atomic E-state index is -0.562. The molecule has 1 atom stereocenters. The molecule has 1 N–H and O–H groups in total. The summed E-state index contributed by atoms with van der Waals surface area (Å²) in [4.78, 5) is 0. The molecule has 0 aliphatic rings. The summed E-state index contributed by atoms with van der Waals surface area (Å²) in [6.07, 6.45) is -0.562. The van der Waals surface area contributed by atoms with Gasteiger partial charge in [0.2, 0.25) is 0 Å². The van der Waals surface area contributed by atoms with Gasteiger partial charge in [0, 0.05) is 25.8 Å². The van der Waals surface area contributed by atoms with E-state index in [4.69, 9.17) is 14.7 Å². The van der Waals surface area contributed by atoms with Crippen LogP contribution >= 0.6 is 0 Å². The molecule has 0 fully saturated rings. The molecular formula is C13H17FN2O2. The van der Waals surface area contributed by atoms with E-state index >= 15 is 0 Å². The lowest BCUT2D eigenvalue weighted by Crippen LogP contribution is -2.20. The van der Waals surface area contributed by atoms with Crippen LogP contribution in [-0.4, -0.2) is 26.4 Å². The molecule has 1 aromatic carbocycles. The van der Waals surface area contributed by atoms with E-state index in [0.717, 1.165) is 0 Å². The second kappa shape index (κ2) is 7.64. The molecule has 0 aromatic heterocycles. The molecule has 0 heterocycles. The summed E-state index contributed by atoms with van der Waals surface area (Å²) in [6, 6.07) is 6.23. The van der Waals surface area contributed by atoms with Crippen molar-refractivity contribution in [2.24, 2.45) is 0 Å². The zero-order chi connectivity index (χ0) is 13.4. The largest absolute Gasteiger partial charge is 0.476 e. The number of nitrogens with zero attached hydrogens (tertiary/aromatic N) is 1. The molecule has 0 bridgehead atoms. The quantitative estimate of drug-likeness (QED) is 0.752. The van der Waals surface area contributed by atoms with E-state index in [1.54, 1.807) is 14.0 Å². The zero-order valence-electron chi connectivity index (χ0n) is 10.6. The van der Waals surface area contributed by atoms with Crippen molar-refractivity contribution >= 4 is 0 Å². The van der Waals surface area contributed by atoms with Crippen LogP contribution in [0.25, 0.3) is 0 Å². The average Bonchev–Trinajstić information content (AvgIpc) is 2.37. The number of nitrogens with one attached hydrogen (secondary N) is 1. The molecule has 0 saturated heterocycles. The van der Waals surface area contributed by atoms with Gasteiger partial charge in [-0.25, -0.2) is 4.39 Å². The van der Waals surface area contributed by atoms with Crippen molar-refractivity contribution in [2.45, 2.75) is 19.6 Å². The van der Waals surface area contributed by atoms with Crippen LogP contribution < -0.4 is 10.1 Å². The molecule has 98 valence electrons. The molecule has 4 nitrogen and oxygen atoms in total. The number of halogens is 1. The first-order chi connectivity index (χ1) is 8.67. The van der Waals surface area contributed by atoms with Gasteiger partial charge in [0.05, 0.1) is 6.61 Å². The zero-order valence-corrected chi connectivity index (χ0v) is 10.6. The van der Waals surface area contributed by atoms with Crippen LogP contribution in [0.1, 0.15) is 12.5 Å². The Morgan fingerprint density at radius 1 is 1.50 bits per heavy atom. The molecule has 0 amide bonds. The van der Waals surface area contributed by atoms with E-state index in [0.29, 0.717) is 31.0 Å². The first kappa shape index (κ1) is 14.4. The van der Waals surface area contributed by atoms with Crippen molar-refractivity contribution < 1.29 is 13.9 Å². The monoisotopic (exact) mass is 252 g/mol. The highest BCUT2D eigenvalue weighted by Gasteiger charge is 2.08. The number of ether oxygens (including phenoxy) is 2. The molecule has 18 heavy (non-hydrogen) atoms. The summed E-state index contributed by atoms with van der Waals surface area (Å²) in [5, 5.41) is 11.8. The van der Waals surface area contributed by atoms with Crippen LogP contribution in [-0.2, 0) is 11.3 Å². The molecule has 0 saturated carbocycles. The summed E-state index contributed by atoms with van der Waals surface area (Å²) < 4.78 is 23.5. The Bertz CT molecular complexity index is 418. The lowest BCUT2D eigenvalue weighted by atomic mass is 10.2. The van der Waals surface area contributed by atoms with E-state index in [9.17, 15) is 4.39 Å². The average molecular weight is 252 g/mol. The second-order valence-corrected chi connectivity index (χ2v) is 3.81. The minimum Gasteiger partial charge on any atom is -0.476 e. The number of rotatable bonds is 7. The third kappa shape index (κ3) is 4.70. The Balaban J connectivity index is 2.68.